The van der Waals surface area contributed by atoms with Crippen LogP contribution in [0.3, 0.4) is 0 Å². The van der Waals surface area contributed by atoms with Crippen molar-refractivity contribution in [3.63, 3.8) is 0 Å². The summed E-state index contributed by atoms with van der Waals surface area (Å²) in [5.41, 5.74) is 10.7. The van der Waals surface area contributed by atoms with Crippen LogP contribution in [-0.4, -0.2) is 22.2 Å². The molecule has 5 nitrogen and oxygen atoms in total. The van der Waals surface area contributed by atoms with E-state index in [2.05, 4.69) is 20.9 Å². The lowest BCUT2D eigenvalue weighted by molar-refractivity contribution is 0.327. The van der Waals surface area contributed by atoms with Crippen molar-refractivity contribution >= 4 is 38.8 Å². The Kier molecular flexibility index (Phi) is 5.04. The van der Waals surface area contributed by atoms with Crippen molar-refractivity contribution in [2.45, 2.75) is 31.7 Å². The Hall–Kier alpha value is -2.52. The molecule has 0 amide bonds. The van der Waals surface area contributed by atoms with Gasteiger partial charge in [-0.05, 0) is 55.7 Å². The molecule has 0 aliphatic heterocycles. The molecule has 0 saturated heterocycles. The summed E-state index contributed by atoms with van der Waals surface area (Å²) in [6, 6.07) is 8.19. The Morgan fingerprint density at radius 3 is 2.85 bits per heavy atom. The average molecular weight is 422 g/mol. The van der Waals surface area contributed by atoms with Crippen LogP contribution in [0.25, 0.3) is 16.6 Å². The first-order valence-corrected chi connectivity index (χ1v) is 9.95. The third-order valence-electron chi connectivity index (χ3n) is 5.12. The van der Waals surface area contributed by atoms with Gasteiger partial charge < -0.3 is 5.73 Å². The molecule has 1 aromatic heterocycles. The normalized spacial score (nSPS) is 23.4. The lowest BCUT2D eigenvalue weighted by atomic mass is 9.80. The van der Waals surface area contributed by atoms with Crippen molar-refractivity contribution in [2.24, 2.45) is 22.6 Å². The molecule has 2 aliphatic carbocycles. The fourth-order valence-corrected chi connectivity index (χ4v) is 3.63. The van der Waals surface area contributed by atoms with Gasteiger partial charge in [-0.3, -0.25) is 9.98 Å². The molecule has 0 bridgehead atoms. The van der Waals surface area contributed by atoms with Gasteiger partial charge in [-0.1, -0.05) is 22.0 Å². The van der Waals surface area contributed by atoms with Gasteiger partial charge >= 0.3 is 0 Å². The third-order valence-corrected chi connectivity index (χ3v) is 5.61. The van der Waals surface area contributed by atoms with Gasteiger partial charge in [0.25, 0.3) is 0 Å². The number of hydrogen-bond acceptors (Lipinski definition) is 5. The Labute approximate surface area is 166 Å². The fraction of sp³-hybridized carbons (Fsp3) is 0.333. The van der Waals surface area contributed by atoms with Crippen molar-refractivity contribution in [3.05, 3.63) is 52.4 Å². The molecule has 2 fully saturated rings. The van der Waals surface area contributed by atoms with Crippen LogP contribution in [0.2, 0.25) is 0 Å². The van der Waals surface area contributed by atoms with Gasteiger partial charge in [-0.2, -0.15) is 5.26 Å². The van der Waals surface area contributed by atoms with Crippen LogP contribution in [0.1, 0.15) is 31.4 Å². The summed E-state index contributed by atoms with van der Waals surface area (Å²) in [6.07, 6.45) is 11.4. The number of nitrogens with zero attached hydrogens (tertiary/aromatic N) is 4. The van der Waals surface area contributed by atoms with Gasteiger partial charge in [0.15, 0.2) is 0 Å². The highest BCUT2D eigenvalue weighted by Crippen LogP contribution is 2.37. The standard InChI is InChI=1S/C21H20BrN5/c22-15-5-6-18-19(10-15)27-20(12-26-18)17(21(24)14-3-4-14)11-25-16-8-13(9-16)2-1-7-23/h1-2,5-6,10-14,16H,3-4,8-9,24H2/b2-1+,21-17?,25-11?. The quantitative estimate of drug-likeness (QED) is 0.572. The molecule has 136 valence electrons. The number of aromatic nitrogens is 2. The number of fused-ring (bicyclic) bond motifs is 1. The Bertz CT molecular complexity index is 991. The number of halogens is 1. The fourth-order valence-electron chi connectivity index (χ4n) is 3.29. The summed E-state index contributed by atoms with van der Waals surface area (Å²) in [5.74, 6) is 0.886. The van der Waals surface area contributed by atoms with Gasteiger partial charge in [-0.15, -0.1) is 0 Å². The van der Waals surface area contributed by atoms with Crippen molar-refractivity contribution in [2.75, 3.05) is 0 Å². The van der Waals surface area contributed by atoms with E-state index >= 15 is 0 Å². The number of rotatable bonds is 5. The third kappa shape index (κ3) is 4.09. The zero-order valence-corrected chi connectivity index (χ0v) is 16.4. The van der Waals surface area contributed by atoms with E-state index < -0.39 is 0 Å². The lowest BCUT2D eigenvalue weighted by Gasteiger charge is -2.29. The second-order valence-corrected chi connectivity index (χ2v) is 8.10. The molecule has 2 saturated carbocycles. The molecular formula is C21H20BrN5. The highest BCUT2D eigenvalue weighted by Gasteiger charge is 2.29. The average Bonchev–Trinajstić information content (AvgIpc) is 3.47. The van der Waals surface area contributed by atoms with E-state index in [0.29, 0.717) is 11.8 Å². The zero-order chi connectivity index (χ0) is 18.8. The second kappa shape index (κ2) is 7.61. The predicted octanol–water partition coefficient (Wildman–Crippen LogP) is 4.40. The molecule has 0 unspecified atom stereocenters. The van der Waals surface area contributed by atoms with Crippen molar-refractivity contribution in [1.82, 2.24) is 9.97 Å². The minimum absolute atomic E-state index is 0.280. The number of allylic oxidation sites excluding steroid dienone is 4. The SMILES string of the molecule is N#C/C=C/C1CC(N=CC(=C(N)C2CC2)c2cnc3ccc(Br)cc3n2)C1. The molecule has 4 rings (SSSR count). The monoisotopic (exact) mass is 421 g/mol. The first-order valence-electron chi connectivity index (χ1n) is 9.16. The minimum Gasteiger partial charge on any atom is -0.401 e. The van der Waals surface area contributed by atoms with E-state index in [1.54, 1.807) is 12.3 Å². The highest BCUT2D eigenvalue weighted by molar-refractivity contribution is 9.10. The summed E-state index contributed by atoms with van der Waals surface area (Å²) in [6.45, 7) is 0. The Balaban J connectivity index is 1.59. The molecule has 2 aliphatic rings. The van der Waals surface area contributed by atoms with Crippen LogP contribution in [0.15, 0.2) is 51.7 Å². The summed E-state index contributed by atoms with van der Waals surface area (Å²) in [4.78, 5) is 14.1. The van der Waals surface area contributed by atoms with Crippen molar-refractivity contribution in [1.29, 1.82) is 5.26 Å². The highest BCUT2D eigenvalue weighted by atomic mass is 79.9. The molecule has 2 N–H and O–H groups in total. The maximum atomic E-state index is 8.61. The summed E-state index contributed by atoms with van der Waals surface area (Å²) in [5, 5.41) is 8.61. The molecule has 0 spiro atoms. The van der Waals surface area contributed by atoms with Crippen LogP contribution in [0.5, 0.6) is 0 Å². The van der Waals surface area contributed by atoms with Crippen molar-refractivity contribution in [3.8, 4) is 6.07 Å². The summed E-state index contributed by atoms with van der Waals surface area (Å²) < 4.78 is 0.974. The molecule has 0 radical (unpaired) electrons. The summed E-state index contributed by atoms with van der Waals surface area (Å²) in [7, 11) is 0. The van der Waals surface area contributed by atoms with Crippen LogP contribution >= 0.6 is 15.9 Å². The second-order valence-electron chi connectivity index (χ2n) is 7.18. The van der Waals surface area contributed by atoms with Crippen molar-refractivity contribution < 1.29 is 0 Å². The molecule has 27 heavy (non-hydrogen) atoms. The number of nitriles is 1. The molecule has 1 aromatic carbocycles. The van der Waals surface area contributed by atoms with Crippen LogP contribution in [-0.2, 0) is 0 Å². The molecule has 0 atom stereocenters. The number of aliphatic imine (C=N–C) groups is 1. The largest absolute Gasteiger partial charge is 0.401 e. The van der Waals surface area contributed by atoms with E-state index in [1.165, 1.54) is 0 Å². The van der Waals surface area contributed by atoms with Gasteiger partial charge in [0.05, 0.1) is 35.0 Å². The molecule has 1 heterocycles. The smallest absolute Gasteiger partial charge is 0.0925 e. The van der Waals surface area contributed by atoms with Crippen LogP contribution < -0.4 is 5.73 Å². The molecular weight excluding hydrogens is 402 g/mol. The van der Waals surface area contributed by atoms with Gasteiger partial charge in [0.1, 0.15) is 0 Å². The summed E-state index contributed by atoms with van der Waals surface area (Å²) >= 11 is 3.49. The number of benzene rings is 1. The van der Waals surface area contributed by atoms with E-state index in [-0.39, 0.29) is 6.04 Å². The Morgan fingerprint density at radius 1 is 1.30 bits per heavy atom. The van der Waals surface area contributed by atoms with E-state index in [4.69, 9.17) is 21.0 Å². The van der Waals surface area contributed by atoms with E-state index in [0.717, 1.165) is 58.2 Å². The van der Waals surface area contributed by atoms with Gasteiger partial charge in [0.2, 0.25) is 0 Å². The predicted molar refractivity (Wildman–Crippen MR) is 111 cm³/mol. The first kappa shape index (κ1) is 17.9. The molecule has 2 aromatic rings. The van der Waals surface area contributed by atoms with E-state index in [1.807, 2.05) is 36.6 Å². The molecule has 6 heteroatoms. The van der Waals surface area contributed by atoms with Crippen LogP contribution in [0.4, 0.5) is 0 Å². The number of hydrogen-bond donors (Lipinski definition) is 1. The minimum atomic E-state index is 0.280. The van der Waals surface area contributed by atoms with Gasteiger partial charge in [0, 0.05) is 28.0 Å². The zero-order valence-electron chi connectivity index (χ0n) is 14.8. The maximum absolute atomic E-state index is 8.61. The maximum Gasteiger partial charge on any atom is 0.0925 e. The Morgan fingerprint density at radius 2 is 2.11 bits per heavy atom. The van der Waals surface area contributed by atoms with Gasteiger partial charge in [-0.25, -0.2) is 4.98 Å². The topological polar surface area (TPSA) is 88.0 Å². The number of nitrogens with two attached hydrogens (primary N) is 1. The first-order chi connectivity index (χ1) is 13.1. The lowest BCUT2D eigenvalue weighted by Crippen LogP contribution is -2.25. The van der Waals surface area contributed by atoms with E-state index in [9.17, 15) is 0 Å². The van der Waals surface area contributed by atoms with Crippen LogP contribution in [0, 0.1) is 23.2 Å².